The van der Waals surface area contributed by atoms with Crippen molar-refractivity contribution in [3.63, 3.8) is 0 Å². The zero-order valence-electron chi connectivity index (χ0n) is 19.8. The maximum Gasteiger partial charge on any atom is 0.435 e. The molecule has 2 amide bonds. The number of benzene rings is 2. The summed E-state index contributed by atoms with van der Waals surface area (Å²) in [4.78, 5) is 32.2. The van der Waals surface area contributed by atoms with Crippen molar-refractivity contribution in [1.82, 2.24) is 4.90 Å². The number of hydrogen-bond acceptors (Lipinski definition) is 5. The van der Waals surface area contributed by atoms with Crippen LogP contribution in [0.15, 0.2) is 35.5 Å². The van der Waals surface area contributed by atoms with Crippen LogP contribution in [0.3, 0.4) is 0 Å². The van der Waals surface area contributed by atoms with E-state index in [1.165, 1.54) is 23.1 Å². The van der Waals surface area contributed by atoms with Gasteiger partial charge in [-0.25, -0.2) is 4.39 Å². The molecule has 37 heavy (non-hydrogen) atoms. The van der Waals surface area contributed by atoms with Crippen molar-refractivity contribution in [2.24, 2.45) is 5.16 Å². The largest absolute Gasteiger partial charge is 0.435 e. The highest BCUT2D eigenvalue weighted by molar-refractivity contribution is 7.99. The van der Waals surface area contributed by atoms with E-state index in [-0.39, 0.29) is 29.6 Å². The monoisotopic (exact) mass is 576 g/mol. The van der Waals surface area contributed by atoms with Gasteiger partial charge in [0.25, 0.3) is 11.5 Å². The molecule has 0 spiro atoms. The zero-order chi connectivity index (χ0) is 27.1. The smallest absolute Gasteiger partial charge is 0.374 e. The molecule has 0 bridgehead atoms. The minimum Gasteiger partial charge on any atom is -0.374 e. The van der Waals surface area contributed by atoms with Crippen LogP contribution in [0.25, 0.3) is 0 Å². The Morgan fingerprint density at radius 2 is 1.89 bits per heavy atom. The van der Waals surface area contributed by atoms with Crippen LogP contribution in [0.1, 0.15) is 53.2 Å². The quantitative estimate of drug-likeness (QED) is 0.287. The van der Waals surface area contributed by atoms with E-state index in [2.05, 4.69) is 5.16 Å². The predicted molar refractivity (Wildman–Crippen MR) is 135 cm³/mol. The van der Waals surface area contributed by atoms with Gasteiger partial charge in [0.05, 0.1) is 15.8 Å². The first kappa shape index (κ1) is 27.7. The highest BCUT2D eigenvalue weighted by atomic mass is 35.5. The number of carbonyl (C=O) groups excluding carboxylic acids is 2. The maximum absolute atomic E-state index is 14.3. The second-order valence-corrected chi connectivity index (χ2v) is 10.8. The predicted octanol–water partition coefficient (Wildman–Crippen LogP) is 6.91. The lowest BCUT2D eigenvalue weighted by atomic mass is 9.86. The number of aryl methyl sites for hydroxylation is 1. The molecule has 2 atom stereocenters. The Labute approximate surface area is 225 Å². The molecule has 2 unspecified atom stereocenters. The van der Waals surface area contributed by atoms with Crippen LogP contribution in [0, 0.1) is 12.7 Å². The molecule has 0 saturated carbocycles. The lowest BCUT2D eigenvalue weighted by Gasteiger charge is -2.29. The second-order valence-electron chi connectivity index (χ2n) is 8.85. The van der Waals surface area contributed by atoms with Gasteiger partial charge in [-0.15, -0.1) is 0 Å². The molecule has 0 N–H and O–H groups in total. The van der Waals surface area contributed by atoms with Crippen molar-refractivity contribution in [3.05, 3.63) is 68.4 Å². The summed E-state index contributed by atoms with van der Waals surface area (Å²) >= 11 is 13.2. The van der Waals surface area contributed by atoms with E-state index < -0.39 is 45.5 Å². The van der Waals surface area contributed by atoms with Gasteiger partial charge in [0, 0.05) is 35.8 Å². The Balaban J connectivity index is 1.65. The Kier molecular flexibility index (Phi) is 7.84. The molecule has 2 aliphatic rings. The lowest BCUT2D eigenvalue weighted by molar-refractivity contribution is -0.275. The minimum atomic E-state index is -4.94. The van der Waals surface area contributed by atoms with E-state index in [0.29, 0.717) is 23.3 Å². The van der Waals surface area contributed by atoms with E-state index in [4.69, 9.17) is 28.0 Å². The molecule has 1 fully saturated rings. The van der Waals surface area contributed by atoms with Gasteiger partial charge in [0.2, 0.25) is 5.91 Å². The third-order valence-corrected chi connectivity index (χ3v) is 8.18. The van der Waals surface area contributed by atoms with Crippen molar-refractivity contribution in [1.29, 1.82) is 0 Å². The average Bonchev–Trinajstić information content (AvgIpc) is 3.53. The number of alkyl halides is 3. The van der Waals surface area contributed by atoms with E-state index in [9.17, 15) is 27.2 Å². The van der Waals surface area contributed by atoms with Gasteiger partial charge < -0.3 is 4.84 Å². The van der Waals surface area contributed by atoms with Gasteiger partial charge in [-0.05, 0) is 54.5 Å². The van der Waals surface area contributed by atoms with Crippen molar-refractivity contribution in [2.45, 2.75) is 50.9 Å². The van der Waals surface area contributed by atoms with E-state index >= 15 is 0 Å². The normalized spacial score (nSPS) is 21.5. The number of hydrogen-bond donors (Lipinski definition) is 0. The molecule has 2 heterocycles. The molecule has 2 aromatic carbocycles. The summed E-state index contributed by atoms with van der Waals surface area (Å²) in [6.07, 6.45) is -4.77. The summed E-state index contributed by atoms with van der Waals surface area (Å²) in [5, 5.41) is 2.55. The number of imide groups is 1. The third kappa shape index (κ3) is 5.07. The molecule has 2 aliphatic heterocycles. The number of amides is 2. The first-order valence-electron chi connectivity index (χ1n) is 11.4. The zero-order valence-corrected chi connectivity index (χ0v) is 22.1. The van der Waals surface area contributed by atoms with Gasteiger partial charge in [0.1, 0.15) is 0 Å². The van der Waals surface area contributed by atoms with Crippen LogP contribution in [-0.2, 0) is 15.2 Å². The third-order valence-electron chi connectivity index (χ3n) is 6.49. The summed E-state index contributed by atoms with van der Waals surface area (Å²) in [6, 6.07) is 5.93. The second kappa shape index (κ2) is 10.5. The molecule has 5 nitrogen and oxygen atoms in total. The highest BCUT2D eigenvalue weighted by Gasteiger charge is 2.62. The topological polar surface area (TPSA) is 59.0 Å². The Hall–Kier alpha value is -2.30. The summed E-state index contributed by atoms with van der Waals surface area (Å²) in [7, 11) is 0. The first-order chi connectivity index (χ1) is 17.4. The van der Waals surface area contributed by atoms with Crippen LogP contribution >= 0.6 is 35.0 Å². The van der Waals surface area contributed by atoms with Crippen molar-refractivity contribution in [3.8, 4) is 0 Å². The minimum absolute atomic E-state index is 0.0234. The number of nitrogens with zero attached hydrogens (tertiary/aromatic N) is 2. The number of thioether (sulfide) groups is 1. The summed E-state index contributed by atoms with van der Waals surface area (Å²) in [6.45, 7) is 3.33. The fourth-order valence-corrected chi connectivity index (χ4v) is 6.12. The van der Waals surface area contributed by atoms with Crippen LogP contribution in [0.5, 0.6) is 0 Å². The SMILES string of the molecule is CCC(=O)N(C(=O)c1ccc(C2=NOC(c3cc(Cl)c(F)c(Cl)c3)(C(F)(F)F)C2)cc1C)C1CCSC1. The van der Waals surface area contributed by atoms with Gasteiger partial charge in [-0.1, -0.05) is 41.3 Å². The fourth-order valence-electron chi connectivity index (χ4n) is 4.44. The Bertz CT molecular complexity index is 1260. The molecule has 12 heteroatoms. The number of oxime groups is 1. The van der Waals surface area contributed by atoms with Gasteiger partial charge in [0.15, 0.2) is 5.82 Å². The number of rotatable bonds is 5. The molecule has 1 saturated heterocycles. The Morgan fingerprint density at radius 3 is 2.43 bits per heavy atom. The number of halogens is 6. The average molecular weight is 577 g/mol. The van der Waals surface area contributed by atoms with E-state index in [1.807, 2.05) is 0 Å². The van der Waals surface area contributed by atoms with Crippen LogP contribution in [0.2, 0.25) is 10.0 Å². The standard InChI is InChI=1S/C25H22Cl2F4N2O3S/c1-3-21(34)33(16-6-7-37-12-16)23(35)17-5-4-14(8-13(17)2)20-11-24(36-32-20,25(29,30)31)15-9-18(26)22(28)19(27)10-15/h4-5,8-10,16H,3,6-7,11-12H2,1-2H3. The highest BCUT2D eigenvalue weighted by Crippen LogP contribution is 2.50. The van der Waals surface area contributed by atoms with Crippen LogP contribution in [-0.4, -0.2) is 46.1 Å². The molecule has 0 aliphatic carbocycles. The van der Waals surface area contributed by atoms with Crippen LogP contribution in [0.4, 0.5) is 17.6 Å². The molecule has 0 aromatic heterocycles. The summed E-state index contributed by atoms with van der Waals surface area (Å²) in [5.41, 5.74) is -2.37. The van der Waals surface area contributed by atoms with E-state index in [1.54, 1.807) is 25.6 Å². The summed E-state index contributed by atoms with van der Waals surface area (Å²) < 4.78 is 56.7. The first-order valence-corrected chi connectivity index (χ1v) is 13.3. The Morgan fingerprint density at radius 1 is 1.22 bits per heavy atom. The van der Waals surface area contributed by atoms with Gasteiger partial charge in [-0.3, -0.25) is 14.5 Å². The van der Waals surface area contributed by atoms with Crippen molar-refractivity contribution in [2.75, 3.05) is 11.5 Å². The number of carbonyl (C=O) groups is 2. The van der Waals surface area contributed by atoms with Crippen molar-refractivity contribution < 1.29 is 32.0 Å². The fraction of sp³-hybridized carbons (Fsp3) is 0.400. The van der Waals surface area contributed by atoms with E-state index in [0.717, 1.165) is 17.9 Å². The summed E-state index contributed by atoms with van der Waals surface area (Å²) in [5.74, 6) is -0.227. The molecule has 0 radical (unpaired) electrons. The molecular weight excluding hydrogens is 555 g/mol. The molecular formula is C25H22Cl2F4N2O3S. The van der Waals surface area contributed by atoms with Crippen LogP contribution < -0.4 is 0 Å². The lowest BCUT2D eigenvalue weighted by Crippen LogP contribution is -2.44. The van der Waals surface area contributed by atoms with Gasteiger partial charge in [-0.2, -0.15) is 24.9 Å². The molecule has 198 valence electrons. The maximum atomic E-state index is 14.3. The van der Waals surface area contributed by atoms with Crippen molar-refractivity contribution >= 4 is 52.5 Å². The molecule has 4 rings (SSSR count). The molecule has 2 aromatic rings. The van der Waals surface area contributed by atoms with Gasteiger partial charge >= 0.3 is 6.18 Å².